The molecular formula is C11H24N2O. The van der Waals surface area contributed by atoms with Gasteiger partial charge in [0.25, 0.3) is 0 Å². The van der Waals surface area contributed by atoms with E-state index in [-0.39, 0.29) is 0 Å². The number of unbranched alkanes of at least 4 members (excludes halogenated alkanes) is 2. The topological polar surface area (TPSA) is 47.3 Å². The van der Waals surface area contributed by atoms with Crippen molar-refractivity contribution >= 4 is 0 Å². The van der Waals surface area contributed by atoms with Crippen LogP contribution in [0.5, 0.6) is 0 Å². The van der Waals surface area contributed by atoms with Gasteiger partial charge in [0.15, 0.2) is 0 Å². The molecule has 1 rings (SSSR count). The van der Waals surface area contributed by atoms with E-state index in [4.69, 9.17) is 10.6 Å². The van der Waals surface area contributed by atoms with E-state index in [1.165, 1.54) is 38.5 Å². The predicted octanol–water partition coefficient (Wildman–Crippen LogP) is 1.97. The summed E-state index contributed by atoms with van der Waals surface area (Å²) in [7, 11) is 0. The van der Waals surface area contributed by atoms with Gasteiger partial charge >= 0.3 is 0 Å². The van der Waals surface area contributed by atoms with Gasteiger partial charge in [-0.25, -0.2) is 0 Å². The van der Waals surface area contributed by atoms with Crippen LogP contribution in [0.25, 0.3) is 0 Å². The van der Waals surface area contributed by atoms with Crippen LogP contribution >= 0.6 is 0 Å². The van der Waals surface area contributed by atoms with E-state index in [9.17, 15) is 0 Å². The van der Waals surface area contributed by atoms with Crippen molar-refractivity contribution in [3.8, 4) is 0 Å². The summed E-state index contributed by atoms with van der Waals surface area (Å²) >= 11 is 0. The molecule has 0 aromatic carbocycles. The number of rotatable bonds is 6. The molecule has 14 heavy (non-hydrogen) atoms. The zero-order chi connectivity index (χ0) is 10.2. The van der Waals surface area contributed by atoms with Crippen LogP contribution in [0.2, 0.25) is 0 Å². The third-order valence-electron chi connectivity index (χ3n) is 3.00. The van der Waals surface area contributed by atoms with E-state index in [0.29, 0.717) is 12.1 Å². The normalized spacial score (nSPS) is 24.9. The quantitative estimate of drug-likeness (QED) is 0.391. The van der Waals surface area contributed by atoms with Gasteiger partial charge in [0.1, 0.15) is 0 Å². The lowest BCUT2D eigenvalue weighted by atomic mass is 9.98. The first-order valence-electron chi connectivity index (χ1n) is 5.96. The maximum atomic E-state index is 5.72. The first kappa shape index (κ1) is 12.0. The van der Waals surface area contributed by atoms with Crippen molar-refractivity contribution in [3.05, 3.63) is 0 Å². The molecule has 0 saturated carbocycles. The molecule has 3 nitrogen and oxygen atoms in total. The first-order valence-corrected chi connectivity index (χ1v) is 5.96. The standard InChI is InChI=1S/C11H24N2O/c1-2-3-4-7-10(13-12)11-8-5-6-9-14-11/h10-11,13H,2-9,12H2,1H3. The Morgan fingerprint density at radius 1 is 1.43 bits per heavy atom. The van der Waals surface area contributed by atoms with Gasteiger partial charge in [-0.3, -0.25) is 11.3 Å². The monoisotopic (exact) mass is 200 g/mol. The molecule has 2 atom stereocenters. The molecule has 0 radical (unpaired) electrons. The summed E-state index contributed by atoms with van der Waals surface area (Å²) in [6.45, 7) is 3.14. The molecule has 0 amide bonds. The number of nitrogens with one attached hydrogen (secondary N) is 1. The van der Waals surface area contributed by atoms with Crippen LogP contribution in [0.1, 0.15) is 51.9 Å². The molecule has 0 spiro atoms. The van der Waals surface area contributed by atoms with Crippen molar-refractivity contribution in [3.63, 3.8) is 0 Å². The highest BCUT2D eigenvalue weighted by atomic mass is 16.5. The Hall–Kier alpha value is -0.120. The summed E-state index contributed by atoms with van der Waals surface area (Å²) in [6.07, 6.45) is 8.99. The van der Waals surface area contributed by atoms with E-state index in [1.54, 1.807) is 0 Å². The van der Waals surface area contributed by atoms with Crippen molar-refractivity contribution in [1.29, 1.82) is 0 Å². The molecule has 0 aromatic rings. The zero-order valence-corrected chi connectivity index (χ0v) is 9.30. The average Bonchev–Trinajstić information content (AvgIpc) is 2.26. The number of hydrogen-bond acceptors (Lipinski definition) is 3. The van der Waals surface area contributed by atoms with Crippen molar-refractivity contribution in [2.75, 3.05) is 6.61 Å². The molecule has 1 saturated heterocycles. The Kier molecular flexibility index (Phi) is 6.15. The van der Waals surface area contributed by atoms with Gasteiger partial charge in [-0.1, -0.05) is 26.2 Å². The number of hydrazine groups is 1. The Morgan fingerprint density at radius 2 is 2.29 bits per heavy atom. The van der Waals surface area contributed by atoms with Gasteiger partial charge in [-0.2, -0.15) is 0 Å². The summed E-state index contributed by atoms with van der Waals surface area (Å²) in [5.41, 5.74) is 2.91. The SMILES string of the molecule is CCCCCC(NN)C1CCCCO1. The van der Waals surface area contributed by atoms with Gasteiger partial charge in [0.2, 0.25) is 0 Å². The van der Waals surface area contributed by atoms with Gasteiger partial charge in [0, 0.05) is 12.6 Å². The third kappa shape index (κ3) is 3.95. The highest BCUT2D eigenvalue weighted by molar-refractivity contribution is 4.77. The third-order valence-corrected chi connectivity index (χ3v) is 3.00. The molecule has 1 aliphatic heterocycles. The van der Waals surface area contributed by atoms with E-state index >= 15 is 0 Å². The second-order valence-electron chi connectivity index (χ2n) is 4.17. The van der Waals surface area contributed by atoms with E-state index < -0.39 is 0 Å². The van der Waals surface area contributed by atoms with Gasteiger partial charge in [-0.05, 0) is 25.7 Å². The van der Waals surface area contributed by atoms with Crippen molar-refractivity contribution in [2.24, 2.45) is 5.84 Å². The zero-order valence-electron chi connectivity index (χ0n) is 9.30. The van der Waals surface area contributed by atoms with Crippen LogP contribution in [-0.4, -0.2) is 18.8 Å². The average molecular weight is 200 g/mol. The maximum Gasteiger partial charge on any atom is 0.0741 e. The molecule has 0 bridgehead atoms. The molecule has 0 aliphatic carbocycles. The van der Waals surface area contributed by atoms with E-state index in [1.807, 2.05) is 0 Å². The van der Waals surface area contributed by atoms with E-state index in [0.717, 1.165) is 13.0 Å². The Balaban J connectivity index is 2.21. The highest BCUT2D eigenvalue weighted by Gasteiger charge is 2.22. The van der Waals surface area contributed by atoms with Crippen LogP contribution in [0.3, 0.4) is 0 Å². The Bertz CT molecular complexity index is 135. The van der Waals surface area contributed by atoms with Crippen LogP contribution in [0.15, 0.2) is 0 Å². The minimum atomic E-state index is 0.352. The molecule has 1 aliphatic rings. The summed E-state index contributed by atoms with van der Waals surface area (Å²) in [5.74, 6) is 5.56. The minimum absolute atomic E-state index is 0.352. The van der Waals surface area contributed by atoms with Crippen molar-refractivity contribution in [2.45, 2.75) is 64.0 Å². The highest BCUT2D eigenvalue weighted by Crippen LogP contribution is 2.18. The Morgan fingerprint density at radius 3 is 2.86 bits per heavy atom. The largest absolute Gasteiger partial charge is 0.377 e. The van der Waals surface area contributed by atoms with E-state index in [2.05, 4.69) is 12.3 Å². The van der Waals surface area contributed by atoms with Gasteiger partial charge in [0.05, 0.1) is 6.10 Å². The second kappa shape index (κ2) is 7.21. The lowest BCUT2D eigenvalue weighted by Gasteiger charge is -2.30. The lowest BCUT2D eigenvalue weighted by molar-refractivity contribution is -0.00976. The van der Waals surface area contributed by atoms with Crippen molar-refractivity contribution < 1.29 is 4.74 Å². The fourth-order valence-electron chi connectivity index (χ4n) is 2.07. The summed E-state index contributed by atoms with van der Waals surface area (Å²) in [4.78, 5) is 0. The number of nitrogens with two attached hydrogens (primary N) is 1. The van der Waals surface area contributed by atoms with Gasteiger partial charge < -0.3 is 4.74 Å². The second-order valence-corrected chi connectivity index (χ2v) is 4.17. The number of hydrogen-bond donors (Lipinski definition) is 2. The van der Waals surface area contributed by atoms with Crippen LogP contribution < -0.4 is 11.3 Å². The molecular weight excluding hydrogens is 176 g/mol. The number of ether oxygens (including phenoxy) is 1. The predicted molar refractivity (Wildman–Crippen MR) is 58.8 cm³/mol. The Labute approximate surface area is 87.4 Å². The van der Waals surface area contributed by atoms with Crippen LogP contribution in [0.4, 0.5) is 0 Å². The lowest BCUT2D eigenvalue weighted by Crippen LogP contribution is -2.46. The minimum Gasteiger partial charge on any atom is -0.377 e. The molecule has 2 unspecified atom stereocenters. The molecule has 3 heteroatoms. The van der Waals surface area contributed by atoms with Crippen LogP contribution in [-0.2, 0) is 4.74 Å². The molecule has 1 fully saturated rings. The van der Waals surface area contributed by atoms with Gasteiger partial charge in [-0.15, -0.1) is 0 Å². The fraction of sp³-hybridized carbons (Fsp3) is 1.00. The molecule has 1 heterocycles. The first-order chi connectivity index (χ1) is 6.88. The molecule has 84 valence electrons. The fourth-order valence-corrected chi connectivity index (χ4v) is 2.07. The molecule has 3 N–H and O–H groups in total. The van der Waals surface area contributed by atoms with Crippen molar-refractivity contribution in [1.82, 2.24) is 5.43 Å². The summed E-state index contributed by atoms with van der Waals surface area (Å²) < 4.78 is 5.72. The summed E-state index contributed by atoms with van der Waals surface area (Å²) in [5, 5.41) is 0. The molecule has 0 aromatic heterocycles. The van der Waals surface area contributed by atoms with Crippen LogP contribution in [0, 0.1) is 0 Å². The maximum absolute atomic E-state index is 5.72. The summed E-state index contributed by atoms with van der Waals surface area (Å²) in [6, 6.07) is 0.363. The smallest absolute Gasteiger partial charge is 0.0741 e.